The first-order valence-electron chi connectivity index (χ1n) is 6.77. The number of hydrogen-bond acceptors (Lipinski definition) is 4. The number of rotatable bonds is 6. The zero-order chi connectivity index (χ0) is 15.5. The quantitative estimate of drug-likeness (QED) is 0.761. The number of hydrogen-bond donors (Lipinski definition) is 3. The van der Waals surface area contributed by atoms with E-state index in [1.807, 2.05) is 19.1 Å². The monoisotopic (exact) mass is 308 g/mol. The number of aromatic nitrogens is 2. The molecule has 0 radical (unpaired) electrons. The summed E-state index contributed by atoms with van der Waals surface area (Å²) in [4.78, 5) is 7.20. The second kappa shape index (κ2) is 6.28. The molecule has 1 aromatic carbocycles. The number of aromatic amines is 1. The lowest BCUT2D eigenvalue weighted by Crippen LogP contribution is -2.25. The Morgan fingerprint density at radius 3 is 2.43 bits per heavy atom. The summed E-state index contributed by atoms with van der Waals surface area (Å²) in [5.74, 6) is 0.582. The molecule has 2 aromatic rings. The van der Waals surface area contributed by atoms with Crippen molar-refractivity contribution in [1.82, 2.24) is 14.7 Å². The van der Waals surface area contributed by atoms with Gasteiger partial charge in [-0.3, -0.25) is 0 Å². The van der Waals surface area contributed by atoms with Crippen LogP contribution >= 0.6 is 0 Å². The van der Waals surface area contributed by atoms with E-state index in [2.05, 4.69) is 20.0 Å². The van der Waals surface area contributed by atoms with Crippen LogP contribution in [0.1, 0.15) is 23.9 Å². The van der Waals surface area contributed by atoms with Crippen LogP contribution in [-0.4, -0.2) is 24.9 Å². The minimum absolute atomic E-state index is 0.142. The third-order valence-electron chi connectivity index (χ3n) is 3.09. The van der Waals surface area contributed by atoms with Crippen molar-refractivity contribution in [3.8, 4) is 0 Å². The maximum absolute atomic E-state index is 12.5. The smallest absolute Gasteiger partial charge is 0.241 e. The average molecular weight is 308 g/mol. The maximum atomic E-state index is 12.5. The highest BCUT2D eigenvalue weighted by Gasteiger charge is 2.20. The Bertz CT molecular complexity index is 686. The van der Waals surface area contributed by atoms with Gasteiger partial charge in [0.1, 0.15) is 5.82 Å². The Kier molecular flexibility index (Phi) is 4.64. The predicted octanol–water partition coefficient (Wildman–Crippen LogP) is 1.94. The number of benzene rings is 1. The Hall–Kier alpha value is -1.86. The van der Waals surface area contributed by atoms with E-state index in [1.165, 1.54) is 0 Å². The summed E-state index contributed by atoms with van der Waals surface area (Å²) in [6.45, 7) is 6.54. The van der Waals surface area contributed by atoms with Gasteiger partial charge in [0.25, 0.3) is 0 Å². The number of imidazole rings is 1. The summed E-state index contributed by atoms with van der Waals surface area (Å²) in [7, 11) is -3.57. The van der Waals surface area contributed by atoms with Crippen LogP contribution in [0, 0.1) is 13.8 Å². The van der Waals surface area contributed by atoms with E-state index in [1.54, 1.807) is 26.2 Å². The fourth-order valence-electron chi connectivity index (χ4n) is 2.31. The number of nitrogens with zero attached hydrogens (tertiary/aromatic N) is 1. The van der Waals surface area contributed by atoms with E-state index in [-0.39, 0.29) is 6.54 Å². The minimum Gasteiger partial charge on any atom is -0.385 e. The molecule has 3 N–H and O–H groups in total. The summed E-state index contributed by atoms with van der Waals surface area (Å²) in [6.07, 6.45) is 3.25. The summed E-state index contributed by atoms with van der Waals surface area (Å²) in [5, 5.41) is 3.19. The van der Waals surface area contributed by atoms with Crippen LogP contribution in [0.2, 0.25) is 0 Å². The van der Waals surface area contributed by atoms with E-state index < -0.39 is 10.0 Å². The molecule has 0 saturated heterocycles. The molecule has 6 nitrogen and oxygen atoms in total. The van der Waals surface area contributed by atoms with Gasteiger partial charge in [-0.1, -0.05) is 0 Å². The summed E-state index contributed by atoms with van der Waals surface area (Å²) in [5.41, 5.74) is 2.37. The van der Waals surface area contributed by atoms with Gasteiger partial charge in [-0.15, -0.1) is 0 Å². The zero-order valence-electron chi connectivity index (χ0n) is 12.4. The van der Waals surface area contributed by atoms with Crippen molar-refractivity contribution in [3.05, 3.63) is 41.5 Å². The molecule has 0 spiro atoms. The van der Waals surface area contributed by atoms with E-state index in [9.17, 15) is 8.42 Å². The molecule has 1 heterocycles. The van der Waals surface area contributed by atoms with Crippen molar-refractivity contribution >= 4 is 15.7 Å². The van der Waals surface area contributed by atoms with Gasteiger partial charge in [0.15, 0.2) is 0 Å². The van der Waals surface area contributed by atoms with Crippen molar-refractivity contribution in [2.45, 2.75) is 32.2 Å². The fraction of sp³-hybridized carbons (Fsp3) is 0.357. The van der Waals surface area contributed by atoms with Gasteiger partial charge in [-0.25, -0.2) is 18.1 Å². The lowest BCUT2D eigenvalue weighted by atomic mass is 10.1. The minimum atomic E-state index is -3.57. The highest BCUT2D eigenvalue weighted by Crippen LogP contribution is 2.24. The molecule has 0 aliphatic rings. The van der Waals surface area contributed by atoms with Gasteiger partial charge in [-0.2, -0.15) is 0 Å². The molecule has 0 aliphatic heterocycles. The molecule has 2 rings (SSSR count). The SMILES string of the molecule is CCNc1cc(C)c(S(=O)(=O)NCc2ncc[nH]2)c(C)c1. The lowest BCUT2D eigenvalue weighted by molar-refractivity contribution is 0.578. The molecule has 0 saturated carbocycles. The first-order valence-corrected chi connectivity index (χ1v) is 8.25. The van der Waals surface area contributed by atoms with E-state index in [0.29, 0.717) is 10.7 Å². The van der Waals surface area contributed by atoms with Crippen LogP contribution in [0.3, 0.4) is 0 Å². The third kappa shape index (κ3) is 3.62. The highest BCUT2D eigenvalue weighted by molar-refractivity contribution is 7.89. The normalized spacial score (nSPS) is 11.6. The predicted molar refractivity (Wildman–Crippen MR) is 82.7 cm³/mol. The van der Waals surface area contributed by atoms with Gasteiger partial charge in [0, 0.05) is 24.6 Å². The van der Waals surface area contributed by atoms with Crippen LogP contribution in [0.25, 0.3) is 0 Å². The molecular formula is C14H20N4O2S. The van der Waals surface area contributed by atoms with Crippen LogP contribution in [0.4, 0.5) is 5.69 Å². The Morgan fingerprint density at radius 2 is 1.90 bits per heavy atom. The molecule has 0 aliphatic carbocycles. The molecule has 0 atom stereocenters. The number of H-pyrrole nitrogens is 1. The summed E-state index contributed by atoms with van der Waals surface area (Å²) in [6, 6.07) is 3.69. The lowest BCUT2D eigenvalue weighted by Gasteiger charge is -2.14. The highest BCUT2D eigenvalue weighted by atomic mass is 32.2. The van der Waals surface area contributed by atoms with E-state index in [0.717, 1.165) is 23.4 Å². The molecule has 1 aromatic heterocycles. The summed E-state index contributed by atoms with van der Waals surface area (Å²) < 4.78 is 27.5. The molecule has 0 fully saturated rings. The molecular weight excluding hydrogens is 288 g/mol. The van der Waals surface area contributed by atoms with E-state index >= 15 is 0 Å². The van der Waals surface area contributed by atoms with Crippen molar-refractivity contribution in [2.75, 3.05) is 11.9 Å². The Labute approximate surface area is 125 Å². The Balaban J connectivity index is 2.27. The summed E-state index contributed by atoms with van der Waals surface area (Å²) >= 11 is 0. The number of aryl methyl sites for hydroxylation is 2. The van der Waals surface area contributed by atoms with Crippen molar-refractivity contribution in [1.29, 1.82) is 0 Å². The largest absolute Gasteiger partial charge is 0.385 e. The average Bonchev–Trinajstić information content (AvgIpc) is 2.88. The van der Waals surface area contributed by atoms with Gasteiger partial charge < -0.3 is 10.3 Å². The topological polar surface area (TPSA) is 86.9 Å². The van der Waals surface area contributed by atoms with Gasteiger partial charge in [0.2, 0.25) is 10.0 Å². The Morgan fingerprint density at radius 1 is 1.24 bits per heavy atom. The van der Waals surface area contributed by atoms with Crippen LogP contribution < -0.4 is 10.0 Å². The molecule has 7 heteroatoms. The number of anilines is 1. The van der Waals surface area contributed by atoms with Crippen LogP contribution in [0.5, 0.6) is 0 Å². The van der Waals surface area contributed by atoms with Crippen LogP contribution in [0.15, 0.2) is 29.4 Å². The molecule has 114 valence electrons. The van der Waals surface area contributed by atoms with Gasteiger partial charge in [-0.05, 0) is 44.0 Å². The molecule has 0 unspecified atom stereocenters. The second-order valence-electron chi connectivity index (χ2n) is 4.83. The molecule has 0 amide bonds. The van der Waals surface area contributed by atoms with Crippen molar-refractivity contribution in [2.24, 2.45) is 0 Å². The number of sulfonamides is 1. The third-order valence-corrected chi connectivity index (χ3v) is 4.80. The molecule has 0 bridgehead atoms. The number of nitrogens with one attached hydrogen (secondary N) is 3. The zero-order valence-corrected chi connectivity index (χ0v) is 13.2. The van der Waals surface area contributed by atoms with Crippen LogP contribution in [-0.2, 0) is 16.6 Å². The van der Waals surface area contributed by atoms with Gasteiger partial charge >= 0.3 is 0 Å². The first kappa shape index (κ1) is 15.5. The van der Waals surface area contributed by atoms with E-state index in [4.69, 9.17) is 0 Å². The standard InChI is InChI=1S/C14H20N4O2S/c1-4-15-12-7-10(2)14(11(3)8-12)21(19,20)18-9-13-16-5-6-17-13/h5-8,15,18H,4,9H2,1-3H3,(H,16,17). The fourth-order valence-corrected chi connectivity index (χ4v) is 3.75. The second-order valence-corrected chi connectivity index (χ2v) is 6.53. The maximum Gasteiger partial charge on any atom is 0.241 e. The van der Waals surface area contributed by atoms with Crippen molar-refractivity contribution in [3.63, 3.8) is 0 Å². The molecule has 21 heavy (non-hydrogen) atoms. The first-order chi connectivity index (χ1) is 9.94. The van der Waals surface area contributed by atoms with Crippen molar-refractivity contribution < 1.29 is 8.42 Å². The van der Waals surface area contributed by atoms with Gasteiger partial charge in [0.05, 0.1) is 11.4 Å².